The van der Waals surface area contributed by atoms with Crippen molar-refractivity contribution >= 4 is 23.5 Å². The molecule has 0 fully saturated rings. The summed E-state index contributed by atoms with van der Waals surface area (Å²) in [6.07, 6.45) is 1.06. The van der Waals surface area contributed by atoms with E-state index in [0.29, 0.717) is 22.4 Å². The largest absolute Gasteiger partial charge is 0.497 e. The molecule has 0 saturated heterocycles. The van der Waals surface area contributed by atoms with Gasteiger partial charge in [0, 0.05) is 11.1 Å². The monoisotopic (exact) mass is 338 g/mol. The maximum atomic E-state index is 12.1. The number of fused-ring (bicyclic) bond motifs is 1. The number of hydrogen-bond donors (Lipinski definition) is 0. The Hall–Kier alpha value is -3.41. The van der Waals surface area contributed by atoms with Crippen LogP contribution in [0.1, 0.15) is 26.3 Å². The van der Waals surface area contributed by atoms with Crippen molar-refractivity contribution in [3.8, 4) is 5.75 Å². The summed E-state index contributed by atoms with van der Waals surface area (Å²) in [7, 11) is 1.50. The topological polar surface area (TPSA) is 78.9 Å². The second-order valence-corrected chi connectivity index (χ2v) is 5.21. The van der Waals surface area contributed by atoms with Crippen LogP contribution in [0.2, 0.25) is 0 Å². The summed E-state index contributed by atoms with van der Waals surface area (Å²) in [6, 6.07) is 13.2. The van der Waals surface area contributed by atoms with Crippen molar-refractivity contribution in [2.45, 2.75) is 0 Å². The maximum Gasteiger partial charge on any atom is 0.344 e. The minimum Gasteiger partial charge on any atom is -0.497 e. The Morgan fingerprint density at radius 1 is 1.08 bits per heavy atom. The van der Waals surface area contributed by atoms with Gasteiger partial charge in [-0.05, 0) is 18.2 Å². The lowest BCUT2D eigenvalue weighted by Gasteiger charge is -2.04. The molecular formula is C19H14O6. The molecule has 126 valence electrons. The fraction of sp³-hybridized carbons (Fsp3) is 0.105. The highest BCUT2D eigenvalue weighted by Crippen LogP contribution is 2.29. The predicted octanol–water partition coefficient (Wildman–Crippen LogP) is 2.63. The lowest BCUT2D eigenvalue weighted by Crippen LogP contribution is -2.13. The Kier molecular flexibility index (Phi) is 4.61. The number of carbonyl (C=O) groups is 3. The zero-order valence-corrected chi connectivity index (χ0v) is 13.4. The normalized spacial score (nSPS) is 14.0. The zero-order valence-electron chi connectivity index (χ0n) is 13.4. The molecule has 0 aliphatic carbocycles. The van der Waals surface area contributed by atoms with Gasteiger partial charge in [0.2, 0.25) is 0 Å². The molecule has 0 atom stereocenters. The van der Waals surface area contributed by atoms with E-state index in [-0.39, 0.29) is 11.5 Å². The lowest BCUT2D eigenvalue weighted by molar-refractivity contribution is -0.136. The van der Waals surface area contributed by atoms with Crippen LogP contribution in [0.3, 0.4) is 0 Å². The van der Waals surface area contributed by atoms with Crippen molar-refractivity contribution in [3.63, 3.8) is 0 Å². The summed E-state index contributed by atoms with van der Waals surface area (Å²) < 4.78 is 15.0. The molecule has 6 nitrogen and oxygen atoms in total. The van der Waals surface area contributed by atoms with Gasteiger partial charge < -0.3 is 14.2 Å². The quantitative estimate of drug-likeness (QED) is 0.474. The van der Waals surface area contributed by atoms with Gasteiger partial charge in [-0.3, -0.25) is 4.79 Å². The predicted molar refractivity (Wildman–Crippen MR) is 88.1 cm³/mol. The van der Waals surface area contributed by atoms with Crippen LogP contribution in [0.5, 0.6) is 5.75 Å². The van der Waals surface area contributed by atoms with Crippen molar-refractivity contribution in [3.05, 3.63) is 71.3 Å². The van der Waals surface area contributed by atoms with Gasteiger partial charge in [-0.2, -0.15) is 0 Å². The van der Waals surface area contributed by atoms with E-state index in [0.717, 1.165) is 6.08 Å². The SMILES string of the molecule is COc1cccc(C(=O)COC(=O)C=C2OC(=O)c3ccccc32)c1. The average Bonchev–Trinajstić information content (AvgIpc) is 2.96. The summed E-state index contributed by atoms with van der Waals surface area (Å²) in [4.78, 5) is 35.7. The molecule has 25 heavy (non-hydrogen) atoms. The van der Waals surface area contributed by atoms with Crippen molar-refractivity contribution in [1.29, 1.82) is 0 Å². The van der Waals surface area contributed by atoms with Crippen molar-refractivity contribution in [1.82, 2.24) is 0 Å². The Bertz CT molecular complexity index is 881. The van der Waals surface area contributed by atoms with Gasteiger partial charge in [0.1, 0.15) is 11.5 Å². The first kappa shape index (κ1) is 16.4. The molecule has 0 spiro atoms. The third kappa shape index (κ3) is 3.58. The van der Waals surface area contributed by atoms with Crippen LogP contribution < -0.4 is 4.74 Å². The molecule has 2 aromatic rings. The molecular weight excluding hydrogens is 324 g/mol. The first-order valence-electron chi connectivity index (χ1n) is 7.46. The Morgan fingerprint density at radius 3 is 2.60 bits per heavy atom. The van der Waals surface area contributed by atoms with E-state index in [9.17, 15) is 14.4 Å². The Morgan fingerprint density at radius 2 is 1.84 bits per heavy atom. The molecule has 0 saturated carbocycles. The first-order chi connectivity index (χ1) is 12.1. The highest BCUT2D eigenvalue weighted by Gasteiger charge is 2.26. The number of cyclic esters (lactones) is 1. The molecule has 2 aromatic carbocycles. The van der Waals surface area contributed by atoms with E-state index in [4.69, 9.17) is 14.2 Å². The van der Waals surface area contributed by atoms with Gasteiger partial charge in [-0.15, -0.1) is 0 Å². The first-order valence-corrected chi connectivity index (χ1v) is 7.46. The van der Waals surface area contributed by atoms with Crippen molar-refractivity contribution < 1.29 is 28.6 Å². The third-order valence-electron chi connectivity index (χ3n) is 3.60. The zero-order chi connectivity index (χ0) is 17.8. The third-order valence-corrected chi connectivity index (χ3v) is 3.60. The molecule has 0 unspecified atom stereocenters. The summed E-state index contributed by atoms with van der Waals surface area (Å²) >= 11 is 0. The van der Waals surface area contributed by atoms with Gasteiger partial charge in [-0.25, -0.2) is 9.59 Å². The summed E-state index contributed by atoms with van der Waals surface area (Å²) in [5.74, 6) is -1.01. The second kappa shape index (κ2) is 7.00. The lowest BCUT2D eigenvalue weighted by atomic mass is 10.1. The molecule has 0 aromatic heterocycles. The Labute approximate surface area is 143 Å². The number of benzene rings is 2. The van der Waals surface area contributed by atoms with Crippen LogP contribution in [0.25, 0.3) is 5.76 Å². The number of rotatable bonds is 5. The average molecular weight is 338 g/mol. The molecule has 1 aliphatic heterocycles. The number of methoxy groups -OCH3 is 1. The van der Waals surface area contributed by atoms with Crippen LogP contribution in [0, 0.1) is 0 Å². The molecule has 1 aliphatic rings. The summed E-state index contributed by atoms with van der Waals surface area (Å²) in [5.41, 5.74) is 1.27. The molecule has 0 radical (unpaired) electrons. The fourth-order valence-corrected chi connectivity index (χ4v) is 2.36. The Balaban J connectivity index is 1.65. The standard InChI is InChI=1S/C19H14O6/c1-23-13-6-4-5-12(9-13)16(20)11-24-18(21)10-17-14-7-2-3-8-15(14)19(22)25-17/h2-10H,11H2,1H3. The van der Waals surface area contributed by atoms with Crippen LogP contribution in [0.4, 0.5) is 0 Å². The van der Waals surface area contributed by atoms with E-state index in [1.807, 2.05) is 0 Å². The number of Topliss-reactive ketones (excluding diaryl/α,β-unsaturated/α-hetero) is 1. The van der Waals surface area contributed by atoms with Gasteiger partial charge in [0.15, 0.2) is 12.4 Å². The molecule has 3 rings (SSSR count). The highest BCUT2D eigenvalue weighted by atomic mass is 16.6. The van der Waals surface area contributed by atoms with E-state index >= 15 is 0 Å². The minimum atomic E-state index is -0.768. The van der Waals surface area contributed by atoms with Crippen molar-refractivity contribution in [2.75, 3.05) is 13.7 Å². The molecule has 6 heteroatoms. The van der Waals surface area contributed by atoms with E-state index in [1.165, 1.54) is 7.11 Å². The van der Waals surface area contributed by atoms with E-state index in [2.05, 4.69) is 0 Å². The molecule has 1 heterocycles. The van der Waals surface area contributed by atoms with Gasteiger partial charge in [0.05, 0.1) is 18.7 Å². The highest BCUT2D eigenvalue weighted by molar-refractivity contribution is 6.06. The second-order valence-electron chi connectivity index (χ2n) is 5.21. The molecule has 0 bridgehead atoms. The number of hydrogen-bond acceptors (Lipinski definition) is 6. The number of ether oxygens (including phenoxy) is 3. The summed E-state index contributed by atoms with van der Waals surface area (Å²) in [5, 5.41) is 0. The smallest absolute Gasteiger partial charge is 0.344 e. The fourth-order valence-electron chi connectivity index (χ4n) is 2.36. The summed E-state index contributed by atoms with van der Waals surface area (Å²) in [6.45, 7) is -0.425. The number of ketones is 1. The van der Waals surface area contributed by atoms with Crippen LogP contribution >= 0.6 is 0 Å². The number of carbonyl (C=O) groups excluding carboxylic acids is 3. The van der Waals surface area contributed by atoms with Gasteiger partial charge >= 0.3 is 11.9 Å². The number of esters is 2. The van der Waals surface area contributed by atoms with E-state index in [1.54, 1.807) is 48.5 Å². The van der Waals surface area contributed by atoms with Gasteiger partial charge in [-0.1, -0.05) is 30.3 Å². The maximum absolute atomic E-state index is 12.1. The minimum absolute atomic E-state index is 0.111. The van der Waals surface area contributed by atoms with Gasteiger partial charge in [0.25, 0.3) is 0 Å². The molecule has 0 N–H and O–H groups in total. The van der Waals surface area contributed by atoms with Crippen LogP contribution in [-0.4, -0.2) is 31.4 Å². The van der Waals surface area contributed by atoms with E-state index < -0.39 is 18.5 Å². The van der Waals surface area contributed by atoms with Crippen molar-refractivity contribution in [2.24, 2.45) is 0 Å². The van der Waals surface area contributed by atoms with Crippen LogP contribution in [-0.2, 0) is 14.3 Å². The van der Waals surface area contributed by atoms with Crippen LogP contribution in [0.15, 0.2) is 54.6 Å². The molecule has 0 amide bonds.